The summed E-state index contributed by atoms with van der Waals surface area (Å²) in [5, 5.41) is 11.4. The van der Waals surface area contributed by atoms with Gasteiger partial charge >= 0.3 is 5.97 Å². The zero-order chi connectivity index (χ0) is 19.5. The molecule has 0 atom stereocenters. The molecule has 0 aliphatic heterocycles. The first-order valence-corrected chi connectivity index (χ1v) is 8.08. The second-order valence-corrected chi connectivity index (χ2v) is 5.18. The highest BCUT2D eigenvalue weighted by atomic mass is 16.7. The van der Waals surface area contributed by atoms with Crippen molar-refractivity contribution in [3.63, 3.8) is 0 Å². The van der Waals surface area contributed by atoms with Crippen molar-refractivity contribution < 1.29 is 33.4 Å². The molecule has 10 heteroatoms. The number of methoxy groups -OCH3 is 1. The van der Waals surface area contributed by atoms with Crippen LogP contribution < -0.4 is 4.74 Å². The van der Waals surface area contributed by atoms with E-state index in [1.807, 2.05) is 0 Å². The van der Waals surface area contributed by atoms with Gasteiger partial charge in [-0.1, -0.05) is 0 Å². The zero-order valence-electron chi connectivity index (χ0n) is 14.8. The molecule has 146 valence electrons. The molecule has 0 unspecified atom stereocenters. The number of non-ortho nitro benzene ring substituents is 1. The summed E-state index contributed by atoms with van der Waals surface area (Å²) in [7, 11) is 1.58. The van der Waals surface area contributed by atoms with Gasteiger partial charge in [-0.3, -0.25) is 15.1 Å². The minimum absolute atomic E-state index is 0.0800. The van der Waals surface area contributed by atoms with E-state index in [1.54, 1.807) is 19.2 Å². The lowest BCUT2D eigenvalue weighted by atomic mass is 10.1. The summed E-state index contributed by atoms with van der Waals surface area (Å²) >= 11 is 0. The van der Waals surface area contributed by atoms with E-state index in [1.165, 1.54) is 18.3 Å². The van der Waals surface area contributed by atoms with Crippen LogP contribution in [0.2, 0.25) is 0 Å². The summed E-state index contributed by atoms with van der Waals surface area (Å²) in [4.78, 5) is 26.2. The monoisotopic (exact) mass is 380 g/mol. The highest BCUT2D eigenvalue weighted by molar-refractivity contribution is 5.92. The van der Waals surface area contributed by atoms with E-state index >= 15 is 0 Å². The standard InChI is InChI=1S/C17H20N2O8/c1-23-7-8-24-9-10-25-11-16(20)27-12-26-15-5-4-14(19(21)22)13-3-2-6-18-17(13)15/h2-6H,7-12H2,1H3. The third-order valence-electron chi connectivity index (χ3n) is 3.36. The number of benzene rings is 1. The topological polar surface area (TPSA) is 119 Å². The number of carbonyl (C=O) groups excluding carboxylic acids is 1. The van der Waals surface area contributed by atoms with Crippen molar-refractivity contribution in [3.05, 3.63) is 40.6 Å². The van der Waals surface area contributed by atoms with Gasteiger partial charge in [0.15, 0.2) is 0 Å². The van der Waals surface area contributed by atoms with E-state index in [0.29, 0.717) is 30.7 Å². The fraction of sp³-hybridized carbons (Fsp3) is 0.412. The van der Waals surface area contributed by atoms with E-state index in [4.69, 9.17) is 23.7 Å². The Balaban J connectivity index is 1.76. The molecule has 0 aliphatic rings. The molecule has 1 aromatic heterocycles. The fourth-order valence-corrected chi connectivity index (χ4v) is 2.13. The smallest absolute Gasteiger partial charge is 0.334 e. The molecule has 10 nitrogen and oxygen atoms in total. The van der Waals surface area contributed by atoms with Crippen LogP contribution in [0.25, 0.3) is 10.9 Å². The minimum atomic E-state index is -0.605. The lowest BCUT2D eigenvalue weighted by molar-refractivity contribution is -0.383. The van der Waals surface area contributed by atoms with E-state index in [-0.39, 0.29) is 31.4 Å². The molecule has 1 aromatic carbocycles. The normalized spacial score (nSPS) is 10.7. The van der Waals surface area contributed by atoms with Crippen LogP contribution in [0.4, 0.5) is 5.69 Å². The largest absolute Gasteiger partial charge is 0.455 e. The van der Waals surface area contributed by atoms with E-state index < -0.39 is 10.9 Å². The molecule has 0 N–H and O–H groups in total. The number of hydrogen-bond donors (Lipinski definition) is 0. The Morgan fingerprint density at radius 2 is 1.93 bits per heavy atom. The molecule has 0 fully saturated rings. The first kappa shape index (κ1) is 20.5. The predicted octanol–water partition coefficient (Wildman–Crippen LogP) is 1.70. The second kappa shape index (κ2) is 11.0. The van der Waals surface area contributed by atoms with Gasteiger partial charge in [-0.25, -0.2) is 4.79 Å². The predicted molar refractivity (Wildman–Crippen MR) is 93.5 cm³/mol. The summed E-state index contributed by atoms with van der Waals surface area (Å²) in [6, 6.07) is 5.89. The number of pyridine rings is 1. The van der Waals surface area contributed by atoms with Crippen molar-refractivity contribution >= 4 is 22.6 Å². The molecule has 27 heavy (non-hydrogen) atoms. The van der Waals surface area contributed by atoms with Gasteiger partial charge in [-0.2, -0.15) is 0 Å². The Hall–Kier alpha value is -2.82. The average Bonchev–Trinajstić information content (AvgIpc) is 2.67. The SMILES string of the molecule is COCCOCCOCC(=O)OCOc1ccc([N+](=O)[O-])c2cccnc12. The second-order valence-electron chi connectivity index (χ2n) is 5.18. The minimum Gasteiger partial charge on any atom is -0.455 e. The van der Waals surface area contributed by atoms with Crippen LogP contribution in [0.5, 0.6) is 5.75 Å². The van der Waals surface area contributed by atoms with Gasteiger partial charge in [0.2, 0.25) is 6.79 Å². The van der Waals surface area contributed by atoms with Gasteiger partial charge in [0, 0.05) is 19.4 Å². The highest BCUT2D eigenvalue weighted by Gasteiger charge is 2.16. The lowest BCUT2D eigenvalue weighted by Gasteiger charge is -2.10. The van der Waals surface area contributed by atoms with Crippen LogP contribution in [0.3, 0.4) is 0 Å². The molecule has 0 aliphatic carbocycles. The number of aromatic nitrogens is 1. The molecule has 0 spiro atoms. The van der Waals surface area contributed by atoms with Crippen molar-refractivity contribution in [2.75, 3.05) is 46.9 Å². The molecule has 0 saturated heterocycles. The number of fused-ring (bicyclic) bond motifs is 1. The van der Waals surface area contributed by atoms with Gasteiger partial charge < -0.3 is 23.7 Å². The molecular formula is C17H20N2O8. The zero-order valence-corrected chi connectivity index (χ0v) is 14.8. The molecule has 1 heterocycles. The number of ether oxygens (including phenoxy) is 5. The van der Waals surface area contributed by atoms with E-state index in [0.717, 1.165) is 0 Å². The molecule has 2 rings (SSSR count). The number of hydrogen-bond acceptors (Lipinski definition) is 9. The summed E-state index contributed by atoms with van der Waals surface area (Å²) < 4.78 is 25.4. The van der Waals surface area contributed by atoms with Crippen LogP contribution in [-0.2, 0) is 23.7 Å². The maximum atomic E-state index is 11.6. The Labute approximate surface area is 155 Å². The van der Waals surface area contributed by atoms with Gasteiger partial charge in [0.25, 0.3) is 5.69 Å². The Morgan fingerprint density at radius 1 is 1.15 bits per heavy atom. The summed E-state index contributed by atoms with van der Waals surface area (Å²) in [5.41, 5.74) is 0.232. The van der Waals surface area contributed by atoms with Crippen molar-refractivity contribution in [2.45, 2.75) is 0 Å². The maximum Gasteiger partial charge on any atom is 0.334 e. The first-order chi connectivity index (χ1) is 13.1. The van der Waals surface area contributed by atoms with Gasteiger partial charge in [-0.05, 0) is 18.2 Å². The number of carbonyl (C=O) groups is 1. The molecule has 0 saturated carbocycles. The average molecular weight is 380 g/mol. The molecule has 0 radical (unpaired) electrons. The quantitative estimate of drug-likeness (QED) is 0.178. The van der Waals surface area contributed by atoms with Crippen molar-refractivity contribution in [3.8, 4) is 5.75 Å². The number of esters is 1. The van der Waals surface area contributed by atoms with Crippen molar-refractivity contribution in [1.29, 1.82) is 0 Å². The first-order valence-electron chi connectivity index (χ1n) is 8.08. The molecule has 2 aromatic rings. The van der Waals surface area contributed by atoms with Gasteiger partial charge in [0.05, 0.1) is 36.7 Å². The lowest BCUT2D eigenvalue weighted by Crippen LogP contribution is -2.18. The van der Waals surface area contributed by atoms with E-state index in [9.17, 15) is 14.9 Å². The van der Waals surface area contributed by atoms with Gasteiger partial charge in [-0.15, -0.1) is 0 Å². The third kappa shape index (κ3) is 6.44. The Bertz CT molecular complexity index is 768. The van der Waals surface area contributed by atoms with Gasteiger partial charge in [0.1, 0.15) is 17.9 Å². The third-order valence-corrected chi connectivity index (χ3v) is 3.36. The van der Waals surface area contributed by atoms with Crippen LogP contribution in [0, 0.1) is 10.1 Å². The van der Waals surface area contributed by atoms with Crippen LogP contribution in [0.1, 0.15) is 0 Å². The molecule has 0 bridgehead atoms. The Morgan fingerprint density at radius 3 is 2.70 bits per heavy atom. The van der Waals surface area contributed by atoms with E-state index in [2.05, 4.69) is 4.98 Å². The number of nitro groups is 1. The number of nitro benzene ring substituents is 1. The number of rotatable bonds is 12. The molecular weight excluding hydrogens is 360 g/mol. The fourth-order valence-electron chi connectivity index (χ4n) is 2.13. The summed E-state index contributed by atoms with van der Waals surface area (Å²) in [6.45, 7) is 0.928. The maximum absolute atomic E-state index is 11.6. The van der Waals surface area contributed by atoms with Crippen LogP contribution in [0.15, 0.2) is 30.5 Å². The van der Waals surface area contributed by atoms with Crippen LogP contribution in [-0.4, -0.2) is 62.8 Å². The van der Waals surface area contributed by atoms with Crippen molar-refractivity contribution in [2.24, 2.45) is 0 Å². The van der Waals surface area contributed by atoms with Crippen molar-refractivity contribution in [1.82, 2.24) is 4.98 Å². The van der Waals surface area contributed by atoms with Crippen LogP contribution >= 0.6 is 0 Å². The highest BCUT2D eigenvalue weighted by Crippen LogP contribution is 2.31. The Kier molecular flexibility index (Phi) is 8.36. The summed E-state index contributed by atoms with van der Waals surface area (Å²) in [5.74, 6) is -0.331. The number of nitrogens with zero attached hydrogens (tertiary/aromatic N) is 2. The summed E-state index contributed by atoms with van der Waals surface area (Å²) in [6.07, 6.45) is 1.49. The molecule has 0 amide bonds.